The number of halogens is 6. The van der Waals surface area contributed by atoms with Crippen LogP contribution in [-0.4, -0.2) is 108 Å². The Balaban J connectivity index is 1.10. The zero-order valence-electron chi connectivity index (χ0n) is 44.0. The molecule has 3 heterocycles. The van der Waals surface area contributed by atoms with Crippen molar-refractivity contribution in [3.63, 3.8) is 0 Å². The molecule has 5 aromatic rings. The van der Waals surface area contributed by atoms with Gasteiger partial charge >= 0.3 is 12.1 Å². The van der Waals surface area contributed by atoms with Crippen molar-refractivity contribution in [2.75, 3.05) is 36.5 Å². The van der Waals surface area contributed by atoms with Gasteiger partial charge in [0.05, 0.1) is 16.5 Å². The Bertz CT molecular complexity index is 3440. The zero-order chi connectivity index (χ0) is 58.6. The summed E-state index contributed by atoms with van der Waals surface area (Å²) in [5.41, 5.74) is -1.08. The maximum absolute atomic E-state index is 16.2. The highest BCUT2D eigenvalue weighted by Crippen LogP contribution is 2.51. The van der Waals surface area contributed by atoms with Gasteiger partial charge in [-0.15, -0.1) is 0 Å². The van der Waals surface area contributed by atoms with E-state index >= 15 is 13.6 Å². The van der Waals surface area contributed by atoms with Crippen LogP contribution >= 0.6 is 23.4 Å². The van der Waals surface area contributed by atoms with Crippen LogP contribution in [0.1, 0.15) is 87.6 Å². The number of carbonyl (C=O) groups is 5. The Morgan fingerprint density at radius 3 is 2.36 bits per heavy atom. The average Bonchev–Trinajstić information content (AvgIpc) is 4.05. The molecule has 0 spiro atoms. The molecule has 2 aliphatic heterocycles. The number of alkyl halides is 2. The monoisotopic (exact) mass is 1180 g/mol. The number of ether oxygens (including phenoxy) is 1. The van der Waals surface area contributed by atoms with Gasteiger partial charge in [-0.3, -0.25) is 24.2 Å². The molecule has 8 rings (SSSR count). The number of alkyl carbamates (subject to hydrolysis) is 1. The van der Waals surface area contributed by atoms with Crippen molar-refractivity contribution in [3.05, 3.63) is 154 Å². The molecule has 0 radical (unpaired) electrons. The Morgan fingerprint density at radius 1 is 0.951 bits per heavy atom. The van der Waals surface area contributed by atoms with Crippen LogP contribution in [0.15, 0.2) is 119 Å². The van der Waals surface area contributed by atoms with Crippen molar-refractivity contribution < 1.29 is 59.1 Å². The van der Waals surface area contributed by atoms with Gasteiger partial charge in [0, 0.05) is 80.0 Å². The van der Waals surface area contributed by atoms with E-state index in [0.717, 1.165) is 61.8 Å². The van der Waals surface area contributed by atoms with Gasteiger partial charge in [0.25, 0.3) is 11.8 Å². The van der Waals surface area contributed by atoms with Gasteiger partial charge in [-0.2, -0.15) is 15.4 Å². The second-order valence-corrected chi connectivity index (χ2v) is 23.7. The largest absolute Gasteiger partial charge is 0.444 e. The molecule has 4 aromatic carbocycles. The van der Waals surface area contributed by atoms with Gasteiger partial charge in [-0.05, 0) is 100 Å². The Hall–Kier alpha value is -7.66. The molecule has 6 amide bonds. The van der Waals surface area contributed by atoms with Gasteiger partial charge in [-0.1, -0.05) is 71.9 Å². The summed E-state index contributed by atoms with van der Waals surface area (Å²) < 4.78 is 111. The first kappa shape index (κ1) is 59.5. The summed E-state index contributed by atoms with van der Waals surface area (Å²) in [6.07, 6.45) is -1.10. The minimum atomic E-state index is -4.84. The Morgan fingerprint density at radius 2 is 1.67 bits per heavy atom. The van der Waals surface area contributed by atoms with E-state index in [9.17, 15) is 46.0 Å². The molecule has 1 saturated carbocycles. The standard InChI is InChI=1S/C55H54ClF5N10O8S2/c1-53(2,3)79-51(75)64-21-10-20-55(34-11-6-5-7-12-34)71(67-49(80-55)41-28-35(57)15-16-43(41)59)52(76)68(4)24-23-65-81(77,78)39-27-36(58)26-38(29-39)69(50(74)44-17-18-46(72)70(44)45-25-33(32-62)19-22-63-45)47(40-13-8-9-14-42(40)56)48(73)66-37-30-54(60,61)31-37/h5-9,11-16,19,22,25-29,37,44,47,65H,10,17-18,20-21,23-24,30-31H2,1-4H3,(H,64,75)(H,66,73)/t44-,47+,55?/m0/s1. The first-order valence-electron chi connectivity index (χ1n) is 25.3. The van der Waals surface area contributed by atoms with Crippen LogP contribution in [0.2, 0.25) is 5.02 Å². The number of sulfonamides is 1. The number of carbonyl (C=O) groups excluding carboxylic acids is 5. The third-order valence-corrected chi connectivity index (χ3v) is 16.5. The second-order valence-electron chi connectivity index (χ2n) is 20.3. The first-order valence-corrected chi connectivity index (χ1v) is 28.0. The summed E-state index contributed by atoms with van der Waals surface area (Å²) in [6.45, 7) is 4.22. The van der Waals surface area contributed by atoms with Crippen LogP contribution in [-0.2, 0) is 34.0 Å². The number of aromatic nitrogens is 1. The predicted molar refractivity (Wildman–Crippen MR) is 291 cm³/mol. The minimum absolute atomic E-state index is 0.0604. The number of hydrogen-bond acceptors (Lipinski definition) is 12. The van der Waals surface area contributed by atoms with Crippen LogP contribution in [0.4, 0.5) is 43.0 Å². The van der Waals surface area contributed by atoms with Gasteiger partial charge in [0.1, 0.15) is 50.9 Å². The molecule has 1 saturated heterocycles. The normalized spacial score (nSPS) is 18.3. The summed E-state index contributed by atoms with van der Waals surface area (Å²) in [5, 5.41) is 20.3. The number of pyridine rings is 1. The number of hydrogen-bond donors (Lipinski definition) is 3. The lowest BCUT2D eigenvalue weighted by Gasteiger charge is -2.39. The SMILES string of the molecule is CN(CCNS(=O)(=O)c1cc(F)cc(N(C(=O)[C@@H]2CCC(=O)N2c2cc(C#N)ccn2)[C@@H](C(=O)NC2CC(F)(F)C2)c2ccccc2Cl)c1)C(=O)N1N=C(c2cc(F)ccc2F)SC1(CCCNC(=O)OC(C)(C)C)c1ccccc1. The fourth-order valence-corrected chi connectivity index (χ4v) is 12.2. The van der Waals surface area contributed by atoms with Crippen molar-refractivity contribution in [2.45, 2.75) is 98.7 Å². The molecule has 3 aliphatic rings. The summed E-state index contributed by atoms with van der Waals surface area (Å²) >= 11 is 7.66. The van der Waals surface area contributed by atoms with Crippen molar-refractivity contribution >= 4 is 79.8 Å². The highest BCUT2D eigenvalue weighted by molar-refractivity contribution is 8.15. The van der Waals surface area contributed by atoms with Crippen LogP contribution < -0.4 is 25.2 Å². The van der Waals surface area contributed by atoms with Crippen LogP contribution in [0.25, 0.3) is 0 Å². The van der Waals surface area contributed by atoms with Gasteiger partial charge in [0.2, 0.25) is 21.8 Å². The maximum atomic E-state index is 16.2. The van der Waals surface area contributed by atoms with E-state index in [4.69, 9.17) is 16.3 Å². The van der Waals surface area contributed by atoms with E-state index in [1.54, 1.807) is 51.1 Å². The second kappa shape index (κ2) is 24.2. The molecule has 1 unspecified atom stereocenters. The van der Waals surface area contributed by atoms with Crippen molar-refractivity contribution in [3.8, 4) is 6.07 Å². The van der Waals surface area contributed by atoms with Crippen LogP contribution in [0.3, 0.4) is 0 Å². The van der Waals surface area contributed by atoms with Crippen molar-refractivity contribution in [2.24, 2.45) is 5.10 Å². The third-order valence-electron chi connectivity index (χ3n) is 13.2. The minimum Gasteiger partial charge on any atom is -0.444 e. The van der Waals surface area contributed by atoms with E-state index in [2.05, 4.69) is 25.4 Å². The summed E-state index contributed by atoms with van der Waals surface area (Å²) in [6, 6.07) is 18.5. The number of nitriles is 1. The van der Waals surface area contributed by atoms with E-state index in [0.29, 0.717) is 11.6 Å². The number of likely N-dealkylation sites (N-methyl/N-ethyl adjacent to an activating group) is 1. The fourth-order valence-electron chi connectivity index (χ4n) is 9.43. The predicted octanol–water partition coefficient (Wildman–Crippen LogP) is 9.11. The molecule has 26 heteroatoms. The lowest BCUT2D eigenvalue weighted by Crippen LogP contribution is -2.56. The molecular formula is C55H54ClF5N10O8S2. The summed E-state index contributed by atoms with van der Waals surface area (Å²) in [4.78, 5) is 75.6. The Labute approximate surface area is 472 Å². The molecule has 1 aliphatic carbocycles. The molecule has 3 N–H and O–H groups in total. The topological polar surface area (TPSA) is 227 Å². The number of rotatable bonds is 18. The first-order chi connectivity index (χ1) is 38.3. The lowest BCUT2D eigenvalue weighted by atomic mass is 9.87. The van der Waals surface area contributed by atoms with E-state index in [1.807, 2.05) is 6.07 Å². The van der Waals surface area contributed by atoms with Gasteiger partial charge < -0.3 is 20.3 Å². The van der Waals surface area contributed by atoms with Crippen LogP contribution in [0, 0.1) is 28.8 Å². The van der Waals surface area contributed by atoms with Crippen LogP contribution in [0.5, 0.6) is 0 Å². The molecular weight excluding hydrogens is 1120 g/mol. The Kier molecular flexibility index (Phi) is 17.8. The third kappa shape index (κ3) is 13.6. The van der Waals surface area contributed by atoms with E-state index in [1.165, 1.54) is 49.6 Å². The van der Waals surface area contributed by atoms with Gasteiger partial charge in [0.15, 0.2) is 0 Å². The number of nitrogens with zero attached hydrogens (tertiary/aromatic N) is 7. The van der Waals surface area contributed by atoms with Gasteiger partial charge in [-0.25, -0.2) is 49.7 Å². The molecule has 1 aromatic heterocycles. The smallest absolute Gasteiger partial charge is 0.407 e. The number of nitrogens with one attached hydrogen (secondary N) is 3. The fraction of sp³-hybridized carbons (Fsp3) is 0.345. The van der Waals surface area contributed by atoms with Crippen molar-refractivity contribution in [1.29, 1.82) is 5.26 Å². The maximum Gasteiger partial charge on any atom is 0.407 e. The molecule has 3 atom stereocenters. The highest BCUT2D eigenvalue weighted by atomic mass is 35.5. The highest BCUT2D eigenvalue weighted by Gasteiger charge is 2.51. The van der Waals surface area contributed by atoms with E-state index < -0.39 is 128 Å². The number of amides is 6. The van der Waals surface area contributed by atoms with Crippen molar-refractivity contribution in [1.82, 2.24) is 30.2 Å². The quantitative estimate of drug-likeness (QED) is 0.0554. The molecule has 18 nitrogen and oxygen atoms in total. The molecule has 426 valence electrons. The number of urea groups is 1. The number of anilines is 2. The summed E-state index contributed by atoms with van der Waals surface area (Å²) in [7, 11) is -3.51. The van der Waals surface area contributed by atoms with E-state index in [-0.39, 0.29) is 64.8 Å². The number of benzene rings is 4. The lowest BCUT2D eigenvalue weighted by molar-refractivity contribution is -0.133. The molecule has 81 heavy (non-hydrogen) atoms. The zero-order valence-corrected chi connectivity index (χ0v) is 46.4. The molecule has 0 bridgehead atoms. The number of thioether (sulfide) groups is 1. The average molecular weight is 1180 g/mol. The number of hydrazone groups is 1. The molecule has 2 fully saturated rings. The summed E-state index contributed by atoms with van der Waals surface area (Å²) in [5.74, 6) is -8.80.